The minimum Gasteiger partial charge on any atom is -0.477 e. The number of carboxylic acid groups (broad SMARTS) is 1. The number of nitrogens with one attached hydrogen (secondary N) is 1. The van der Waals surface area contributed by atoms with Crippen molar-refractivity contribution in [3.8, 4) is 22.5 Å². The molecule has 310 valence electrons. The number of hydrogen-bond donors (Lipinski definition) is 2. The van der Waals surface area contributed by atoms with Gasteiger partial charge in [-0.2, -0.15) is 15.4 Å². The van der Waals surface area contributed by atoms with Crippen LogP contribution in [-0.2, 0) is 32.0 Å². The molecule has 0 bridgehead atoms. The highest BCUT2D eigenvalue weighted by molar-refractivity contribution is 5.87. The van der Waals surface area contributed by atoms with Crippen LogP contribution >= 0.6 is 0 Å². The van der Waals surface area contributed by atoms with Gasteiger partial charge in [-0.05, 0) is 48.7 Å². The molecule has 2 fully saturated rings. The van der Waals surface area contributed by atoms with Gasteiger partial charge in [-0.3, -0.25) is 14.8 Å². The summed E-state index contributed by atoms with van der Waals surface area (Å²) in [6.45, 7) is 7.51. The highest BCUT2D eigenvalue weighted by Gasteiger charge is 2.31. The van der Waals surface area contributed by atoms with E-state index in [1.807, 2.05) is 18.3 Å². The molecule has 3 aliphatic rings. The van der Waals surface area contributed by atoms with Gasteiger partial charge in [0.15, 0.2) is 0 Å². The van der Waals surface area contributed by atoms with Crippen LogP contribution in [0.3, 0.4) is 0 Å². The van der Waals surface area contributed by atoms with Crippen molar-refractivity contribution in [1.82, 2.24) is 35.2 Å². The third-order valence-electron chi connectivity index (χ3n) is 11.5. The summed E-state index contributed by atoms with van der Waals surface area (Å²) in [5.41, 5.74) is 7.81. The van der Waals surface area contributed by atoms with Gasteiger partial charge in [0.2, 0.25) is 0 Å². The quantitative estimate of drug-likeness (QED) is 0.202. The molecule has 3 atom stereocenters. The Morgan fingerprint density at radius 2 is 1.42 bits per heavy atom. The predicted molar refractivity (Wildman–Crippen MR) is 223 cm³/mol. The van der Waals surface area contributed by atoms with E-state index in [-0.39, 0.29) is 23.9 Å². The van der Waals surface area contributed by atoms with Crippen molar-refractivity contribution in [1.29, 1.82) is 0 Å². The molecule has 5 heterocycles. The van der Waals surface area contributed by atoms with Crippen LogP contribution in [0.2, 0.25) is 0 Å². The molecule has 2 aliphatic heterocycles. The van der Waals surface area contributed by atoms with Crippen molar-refractivity contribution in [2.75, 3.05) is 77.3 Å². The molecular weight excluding hydrogens is 749 g/mol. The largest absolute Gasteiger partial charge is 0.477 e. The SMILES string of the molecule is O=C(O)c1cccc(CN2CCOCCOCCN(C(CN3Cc4ccccc4-c4n[nH]nc4-c4ccccc43)c3ccccn3)CCOC3CCCCC3OCC2)n1. The fourth-order valence-electron chi connectivity index (χ4n) is 8.48. The summed E-state index contributed by atoms with van der Waals surface area (Å²) < 4.78 is 25.6. The number of aromatic nitrogens is 5. The highest BCUT2D eigenvalue weighted by Crippen LogP contribution is 2.40. The molecular formula is C45H54N8O6. The minimum atomic E-state index is -1.03. The Morgan fingerprint density at radius 1 is 0.746 bits per heavy atom. The minimum absolute atomic E-state index is 0.00315. The summed E-state index contributed by atoms with van der Waals surface area (Å²) in [5, 5.41) is 21.6. The molecule has 3 aromatic heterocycles. The van der Waals surface area contributed by atoms with Crippen LogP contribution in [0.4, 0.5) is 5.69 Å². The Hall–Kier alpha value is -5.09. The summed E-state index contributed by atoms with van der Waals surface area (Å²) in [6.07, 6.45) is 5.99. The van der Waals surface area contributed by atoms with Crippen LogP contribution in [0.15, 0.2) is 91.1 Å². The lowest BCUT2D eigenvalue weighted by Crippen LogP contribution is -2.43. The van der Waals surface area contributed by atoms with Crippen molar-refractivity contribution in [2.24, 2.45) is 0 Å². The Morgan fingerprint density at radius 3 is 2.20 bits per heavy atom. The normalized spacial score (nSPS) is 21.0. The van der Waals surface area contributed by atoms with Crippen LogP contribution in [0.25, 0.3) is 22.5 Å². The van der Waals surface area contributed by atoms with Gasteiger partial charge >= 0.3 is 5.97 Å². The molecule has 14 nitrogen and oxygen atoms in total. The molecule has 0 amide bonds. The number of rotatable bonds is 7. The fraction of sp³-hybridized carbons (Fsp3) is 0.444. The van der Waals surface area contributed by atoms with E-state index in [9.17, 15) is 9.90 Å². The molecule has 1 saturated carbocycles. The van der Waals surface area contributed by atoms with Crippen molar-refractivity contribution >= 4 is 11.7 Å². The molecule has 8 rings (SSSR count). The fourth-order valence-corrected chi connectivity index (χ4v) is 8.48. The number of benzene rings is 2. The summed E-state index contributed by atoms with van der Waals surface area (Å²) in [7, 11) is 0. The first kappa shape index (κ1) is 40.7. The first-order chi connectivity index (χ1) is 29.1. The molecule has 2 aromatic carbocycles. The maximum absolute atomic E-state index is 11.6. The second-order valence-corrected chi connectivity index (χ2v) is 15.3. The Bertz CT molecular complexity index is 2100. The van der Waals surface area contributed by atoms with Gasteiger partial charge in [0, 0.05) is 68.8 Å². The van der Waals surface area contributed by atoms with E-state index in [0.717, 1.165) is 59.6 Å². The van der Waals surface area contributed by atoms with Crippen LogP contribution in [0.5, 0.6) is 0 Å². The van der Waals surface area contributed by atoms with E-state index >= 15 is 0 Å². The Balaban J connectivity index is 1.01. The summed E-state index contributed by atoms with van der Waals surface area (Å²) in [6, 6.07) is 28.1. The number of carbonyl (C=O) groups is 1. The van der Waals surface area contributed by atoms with E-state index in [2.05, 4.69) is 95.8 Å². The lowest BCUT2D eigenvalue weighted by atomic mass is 9.94. The van der Waals surface area contributed by atoms with Gasteiger partial charge in [0.05, 0.1) is 69.3 Å². The van der Waals surface area contributed by atoms with E-state index in [1.54, 1.807) is 6.07 Å². The molecule has 1 aliphatic carbocycles. The lowest BCUT2D eigenvalue weighted by Gasteiger charge is -2.38. The number of carboxylic acids is 1. The summed E-state index contributed by atoms with van der Waals surface area (Å²) in [4.78, 5) is 28.0. The molecule has 59 heavy (non-hydrogen) atoms. The van der Waals surface area contributed by atoms with E-state index in [1.165, 1.54) is 11.6 Å². The lowest BCUT2D eigenvalue weighted by molar-refractivity contribution is -0.100. The average Bonchev–Trinajstić information content (AvgIpc) is 3.75. The number of aromatic amines is 1. The number of fused-ring (bicyclic) bond motifs is 6. The molecule has 14 heteroatoms. The van der Waals surface area contributed by atoms with E-state index < -0.39 is 5.97 Å². The maximum atomic E-state index is 11.6. The van der Waals surface area contributed by atoms with Crippen molar-refractivity contribution in [3.05, 3.63) is 114 Å². The molecule has 2 N–H and O–H groups in total. The van der Waals surface area contributed by atoms with Gasteiger partial charge in [0.25, 0.3) is 0 Å². The number of pyridine rings is 2. The predicted octanol–water partition coefficient (Wildman–Crippen LogP) is 5.88. The average molecular weight is 803 g/mol. The van der Waals surface area contributed by atoms with Gasteiger partial charge in [-0.15, -0.1) is 0 Å². The second kappa shape index (κ2) is 20.2. The van der Waals surface area contributed by atoms with Gasteiger partial charge in [-0.25, -0.2) is 9.78 Å². The standard InChI is InChI=1S/C45H54N8O6/c54-45(55)38-15-9-11-34(47-38)31-51-20-24-56-28-29-57-25-22-52(23-27-59-42-18-6-5-17-41(42)58-26-21-51)40(37-14-7-8-19-46-37)32-53-30-33-10-1-2-12-35(33)43-44(49-50-48-43)36-13-3-4-16-39(36)53/h1-4,7-16,19,40-42H,5-6,17-18,20-32H2,(H,54,55)(H,48,49,50). The highest BCUT2D eigenvalue weighted by atomic mass is 16.5. The number of H-pyrrole nitrogens is 1. The third kappa shape index (κ3) is 10.4. The maximum Gasteiger partial charge on any atom is 0.354 e. The molecule has 0 spiro atoms. The van der Waals surface area contributed by atoms with Crippen molar-refractivity contribution < 1.29 is 28.8 Å². The van der Waals surface area contributed by atoms with E-state index in [4.69, 9.17) is 23.9 Å². The van der Waals surface area contributed by atoms with E-state index in [0.29, 0.717) is 91.1 Å². The van der Waals surface area contributed by atoms with Crippen LogP contribution < -0.4 is 4.90 Å². The van der Waals surface area contributed by atoms with Gasteiger partial charge < -0.3 is 29.0 Å². The zero-order valence-corrected chi connectivity index (χ0v) is 33.5. The number of nitrogens with zero attached hydrogens (tertiary/aromatic N) is 7. The summed E-state index contributed by atoms with van der Waals surface area (Å²) in [5.74, 6) is -1.03. The third-order valence-corrected chi connectivity index (χ3v) is 11.5. The van der Waals surface area contributed by atoms with Crippen LogP contribution in [0, 0.1) is 0 Å². The first-order valence-electron chi connectivity index (χ1n) is 20.9. The Labute approximate surface area is 345 Å². The number of anilines is 1. The Kier molecular flexibility index (Phi) is 14.0. The molecule has 5 aromatic rings. The van der Waals surface area contributed by atoms with Gasteiger partial charge in [0.1, 0.15) is 17.1 Å². The molecule has 1 saturated heterocycles. The monoisotopic (exact) mass is 802 g/mol. The van der Waals surface area contributed by atoms with Crippen molar-refractivity contribution in [3.63, 3.8) is 0 Å². The van der Waals surface area contributed by atoms with Crippen LogP contribution in [-0.4, -0.2) is 131 Å². The van der Waals surface area contributed by atoms with Crippen LogP contribution in [0.1, 0.15) is 59.2 Å². The molecule has 3 unspecified atom stereocenters. The number of aromatic carboxylic acids is 1. The smallest absolute Gasteiger partial charge is 0.354 e. The summed E-state index contributed by atoms with van der Waals surface area (Å²) >= 11 is 0. The number of para-hydroxylation sites is 1. The van der Waals surface area contributed by atoms with Gasteiger partial charge in [-0.1, -0.05) is 67.4 Å². The molecule has 0 radical (unpaired) electrons. The zero-order valence-electron chi connectivity index (χ0n) is 33.5. The van der Waals surface area contributed by atoms with Crippen molar-refractivity contribution in [2.45, 2.75) is 57.0 Å². The number of ether oxygens (including phenoxy) is 4. The number of hydrogen-bond acceptors (Lipinski definition) is 12. The topological polar surface area (TPSA) is 151 Å². The first-order valence-corrected chi connectivity index (χ1v) is 20.9. The second-order valence-electron chi connectivity index (χ2n) is 15.3. The zero-order chi connectivity index (χ0) is 40.2.